The molecule has 5 rings (SSSR count). The number of aliphatic carboxylic acids is 1. The topological polar surface area (TPSA) is 184 Å². The van der Waals surface area contributed by atoms with Crippen LogP contribution in [0.25, 0.3) is 22.4 Å². The Morgan fingerprint density at radius 1 is 1.16 bits per heavy atom. The molecule has 4 N–H and O–H groups in total. The van der Waals surface area contributed by atoms with E-state index in [1.54, 1.807) is 0 Å². The molecular formula is C24H20ClF5N8O5. The number of amides is 1. The van der Waals surface area contributed by atoms with Gasteiger partial charge in [0.1, 0.15) is 17.3 Å². The van der Waals surface area contributed by atoms with Gasteiger partial charge in [-0.3, -0.25) is 9.48 Å². The molecular weight excluding hydrogens is 611 g/mol. The summed E-state index contributed by atoms with van der Waals surface area (Å²) in [5, 5.41) is 20.4. The van der Waals surface area contributed by atoms with E-state index in [2.05, 4.69) is 25.5 Å². The molecule has 19 heteroatoms. The first kappa shape index (κ1) is 29.9. The van der Waals surface area contributed by atoms with Gasteiger partial charge in [-0.25, -0.2) is 19.6 Å². The summed E-state index contributed by atoms with van der Waals surface area (Å²) in [6.45, 7) is 2.83. The minimum absolute atomic E-state index is 0.0700. The zero-order valence-electron chi connectivity index (χ0n) is 22.3. The summed E-state index contributed by atoms with van der Waals surface area (Å²) >= 11 is 6.04. The van der Waals surface area contributed by atoms with Gasteiger partial charge in [0, 0.05) is 23.4 Å². The Labute approximate surface area is 241 Å². The number of rotatable bonds is 7. The quantitative estimate of drug-likeness (QED) is 0.255. The number of carboxylic acids is 1. The molecule has 228 valence electrons. The van der Waals surface area contributed by atoms with Crippen molar-refractivity contribution in [3.8, 4) is 11.5 Å². The number of hydrogen-bond donors (Lipinski definition) is 3. The number of benzene rings is 1. The van der Waals surface area contributed by atoms with Crippen molar-refractivity contribution >= 4 is 46.0 Å². The molecule has 4 heterocycles. The van der Waals surface area contributed by atoms with Crippen LogP contribution in [-0.4, -0.2) is 58.6 Å². The molecule has 4 aromatic rings. The summed E-state index contributed by atoms with van der Waals surface area (Å²) in [5.74, 6) is -9.57. The number of fused-ring (bicyclic) bond motifs is 2. The molecule has 1 amide bonds. The molecule has 3 aromatic heterocycles. The number of halogens is 6. The maximum atomic E-state index is 13.7. The number of alkyl halides is 5. The van der Waals surface area contributed by atoms with E-state index in [4.69, 9.17) is 21.8 Å². The van der Waals surface area contributed by atoms with Gasteiger partial charge in [-0.05, 0) is 39.0 Å². The van der Waals surface area contributed by atoms with Crippen molar-refractivity contribution in [1.29, 1.82) is 0 Å². The fraction of sp³-hybridized carbons (Fsp3) is 0.375. The monoisotopic (exact) mass is 630 g/mol. The molecule has 0 unspecified atom stereocenters. The largest absolute Gasteiger partial charge is 0.479 e. The van der Waals surface area contributed by atoms with E-state index < -0.39 is 59.5 Å². The normalized spacial score (nSPS) is 17.4. The van der Waals surface area contributed by atoms with Gasteiger partial charge in [0.2, 0.25) is 11.8 Å². The number of carbonyl (C=O) groups is 2. The second-order valence-electron chi connectivity index (χ2n) is 10.4. The second kappa shape index (κ2) is 9.45. The first-order chi connectivity index (χ1) is 19.8. The minimum Gasteiger partial charge on any atom is -0.479 e. The smallest absolute Gasteiger partial charge is 0.453 e. The van der Waals surface area contributed by atoms with Crippen LogP contribution in [-0.2, 0) is 27.1 Å². The number of nitrogen functional groups attached to an aromatic ring is 1. The van der Waals surface area contributed by atoms with Crippen molar-refractivity contribution < 1.29 is 41.1 Å². The molecule has 43 heavy (non-hydrogen) atoms. The fourth-order valence-electron chi connectivity index (χ4n) is 4.51. The highest BCUT2D eigenvalue weighted by atomic mass is 35.5. The Morgan fingerprint density at radius 2 is 1.84 bits per heavy atom. The van der Waals surface area contributed by atoms with E-state index in [0.29, 0.717) is 4.68 Å². The van der Waals surface area contributed by atoms with Gasteiger partial charge in [-0.15, -0.1) is 5.10 Å². The van der Waals surface area contributed by atoms with Crippen LogP contribution < -0.4 is 16.8 Å². The average molecular weight is 631 g/mol. The van der Waals surface area contributed by atoms with Gasteiger partial charge < -0.3 is 20.6 Å². The zero-order chi connectivity index (χ0) is 31.9. The van der Waals surface area contributed by atoms with Crippen LogP contribution in [0.4, 0.5) is 33.6 Å². The standard InChI is InChI=1S/C24H20ClF5N8O5/c1-21(2,19(40)41)38-20(42)43-18(36-38)22(3)12-14(31)32-16(33-15(12)34-17(22)39)13-10-5-4-9(25)8-11(10)37(35-13)7-6-23(26,27)24(28,29)30/h4-5,8H,6-7H2,1-3H3,(H,40,41)(H3,31,32,33,34,39)/t22-/m1/s1. The van der Waals surface area contributed by atoms with Gasteiger partial charge in [-0.2, -0.15) is 31.7 Å². The first-order valence-corrected chi connectivity index (χ1v) is 12.6. The van der Waals surface area contributed by atoms with Crippen molar-refractivity contribution in [2.24, 2.45) is 0 Å². The summed E-state index contributed by atoms with van der Waals surface area (Å²) in [6, 6.07) is 4.17. The number of hydrogen-bond acceptors (Lipinski definition) is 9. The van der Waals surface area contributed by atoms with Crippen molar-refractivity contribution in [3.05, 3.63) is 45.2 Å². The van der Waals surface area contributed by atoms with Gasteiger partial charge in [0.25, 0.3) is 0 Å². The Morgan fingerprint density at radius 3 is 2.47 bits per heavy atom. The predicted molar refractivity (Wildman–Crippen MR) is 139 cm³/mol. The number of anilines is 2. The Bertz CT molecular complexity index is 1880. The summed E-state index contributed by atoms with van der Waals surface area (Å²) in [4.78, 5) is 45.9. The van der Waals surface area contributed by atoms with Crippen LogP contribution in [0.2, 0.25) is 5.02 Å². The molecule has 1 atom stereocenters. The number of carboxylic acid groups (broad SMARTS) is 1. The van der Waals surface area contributed by atoms with Crippen molar-refractivity contribution in [1.82, 2.24) is 29.5 Å². The van der Waals surface area contributed by atoms with Crippen molar-refractivity contribution in [2.45, 2.75) is 56.8 Å². The molecule has 0 fully saturated rings. The summed E-state index contributed by atoms with van der Waals surface area (Å²) in [5.41, 5.74) is 2.46. The first-order valence-electron chi connectivity index (χ1n) is 12.2. The van der Waals surface area contributed by atoms with Crippen LogP contribution in [0.1, 0.15) is 38.6 Å². The Balaban J connectivity index is 1.60. The molecule has 0 saturated carbocycles. The van der Waals surface area contributed by atoms with Crippen molar-refractivity contribution in [3.63, 3.8) is 0 Å². The molecule has 1 aliphatic rings. The van der Waals surface area contributed by atoms with E-state index >= 15 is 0 Å². The van der Waals surface area contributed by atoms with E-state index in [1.165, 1.54) is 39.0 Å². The van der Waals surface area contributed by atoms with Crippen LogP contribution in [0.15, 0.2) is 27.4 Å². The maximum absolute atomic E-state index is 13.7. The third kappa shape index (κ3) is 4.56. The maximum Gasteiger partial charge on any atom is 0.453 e. The van der Waals surface area contributed by atoms with Crippen LogP contribution in [0.5, 0.6) is 0 Å². The molecule has 1 aromatic carbocycles. The van der Waals surface area contributed by atoms with Gasteiger partial charge >= 0.3 is 23.8 Å². The number of nitrogens with one attached hydrogen (secondary N) is 1. The molecule has 0 radical (unpaired) electrons. The summed E-state index contributed by atoms with van der Waals surface area (Å²) < 4.78 is 72.3. The zero-order valence-corrected chi connectivity index (χ0v) is 23.0. The average Bonchev–Trinajstić information content (AvgIpc) is 3.54. The molecule has 0 bridgehead atoms. The predicted octanol–water partition coefficient (Wildman–Crippen LogP) is 3.54. The molecule has 13 nitrogen and oxygen atoms in total. The van der Waals surface area contributed by atoms with E-state index in [1.807, 2.05) is 0 Å². The lowest BCUT2D eigenvalue weighted by Gasteiger charge is -2.19. The minimum atomic E-state index is -5.77. The van der Waals surface area contributed by atoms with Gasteiger partial charge in [-0.1, -0.05) is 11.6 Å². The summed E-state index contributed by atoms with van der Waals surface area (Å²) in [7, 11) is 0. The van der Waals surface area contributed by atoms with Crippen LogP contribution in [0.3, 0.4) is 0 Å². The highest BCUT2D eigenvalue weighted by Crippen LogP contribution is 2.45. The number of aromatic nitrogens is 6. The number of nitrogens with two attached hydrogens (primary N) is 1. The third-order valence-corrected chi connectivity index (χ3v) is 7.36. The highest BCUT2D eigenvalue weighted by Gasteiger charge is 2.57. The number of nitrogens with zero attached hydrogens (tertiary/aromatic N) is 6. The highest BCUT2D eigenvalue weighted by molar-refractivity contribution is 6.31. The lowest BCUT2D eigenvalue weighted by Crippen LogP contribution is -2.42. The van der Waals surface area contributed by atoms with Crippen LogP contribution in [0, 0.1) is 0 Å². The molecule has 0 aliphatic carbocycles. The molecule has 1 aliphatic heterocycles. The Hall–Kier alpha value is -4.61. The van der Waals surface area contributed by atoms with E-state index in [9.17, 15) is 41.4 Å². The van der Waals surface area contributed by atoms with E-state index in [0.717, 1.165) is 4.68 Å². The number of aryl methyl sites for hydroxylation is 1. The SMILES string of the molecule is CC(C)(C(=O)O)n1nc([C@@]2(C)C(=O)Nc3nc(-c4nn(CCC(F)(F)C(F)(F)F)c5cc(Cl)ccc45)nc(N)c32)oc1=O. The van der Waals surface area contributed by atoms with Gasteiger partial charge in [0.05, 0.1) is 11.1 Å². The lowest BCUT2D eigenvalue weighted by molar-refractivity contribution is -0.285. The molecule has 0 spiro atoms. The fourth-order valence-corrected chi connectivity index (χ4v) is 4.68. The summed E-state index contributed by atoms with van der Waals surface area (Å²) in [6.07, 6.45) is -7.38. The molecule has 0 saturated heterocycles. The third-order valence-electron chi connectivity index (χ3n) is 7.13. The Kier molecular flexibility index (Phi) is 6.56. The number of carbonyl (C=O) groups excluding carboxylic acids is 1. The second-order valence-corrected chi connectivity index (χ2v) is 10.8. The lowest BCUT2D eigenvalue weighted by atomic mass is 9.84. The van der Waals surface area contributed by atoms with E-state index in [-0.39, 0.29) is 44.6 Å². The van der Waals surface area contributed by atoms with Crippen LogP contribution >= 0.6 is 11.6 Å². The van der Waals surface area contributed by atoms with Gasteiger partial charge in [0.15, 0.2) is 16.8 Å². The van der Waals surface area contributed by atoms with Crippen molar-refractivity contribution in [2.75, 3.05) is 11.1 Å².